The van der Waals surface area contributed by atoms with E-state index in [0.29, 0.717) is 12.8 Å². The van der Waals surface area contributed by atoms with E-state index in [1.807, 2.05) is 0 Å². The lowest BCUT2D eigenvalue weighted by Crippen LogP contribution is -2.48. The molecule has 2 saturated heterocycles. The van der Waals surface area contributed by atoms with E-state index >= 15 is 0 Å². The molecule has 34 heavy (non-hydrogen) atoms. The number of amides is 2. The van der Waals surface area contributed by atoms with Crippen LogP contribution in [0.15, 0.2) is 42.5 Å². The molecular formula is C22H19ClF3N3O5. The minimum Gasteiger partial charge on any atom is -0.441 e. The van der Waals surface area contributed by atoms with Gasteiger partial charge in [-0.05, 0) is 17.7 Å². The Bertz CT molecular complexity index is 1150. The predicted molar refractivity (Wildman–Crippen MR) is 114 cm³/mol. The van der Waals surface area contributed by atoms with Crippen molar-refractivity contribution in [2.75, 3.05) is 19.6 Å². The normalized spacial score (nSPS) is 17.7. The summed E-state index contributed by atoms with van der Waals surface area (Å²) in [6.45, 7) is 0.328. The third-order valence-corrected chi connectivity index (χ3v) is 6.39. The van der Waals surface area contributed by atoms with Gasteiger partial charge in [0.1, 0.15) is 5.60 Å². The molecule has 0 aliphatic carbocycles. The lowest BCUT2D eigenvalue weighted by Gasteiger charge is -2.37. The lowest BCUT2D eigenvalue weighted by molar-refractivity contribution is -0.384. The van der Waals surface area contributed by atoms with Gasteiger partial charge in [0.2, 0.25) is 0 Å². The fraction of sp³-hybridized carbons (Fsp3) is 0.364. The number of piperidine rings is 1. The molecule has 2 aromatic carbocycles. The van der Waals surface area contributed by atoms with Gasteiger partial charge in [0, 0.05) is 44.6 Å². The summed E-state index contributed by atoms with van der Waals surface area (Å²) in [6.07, 6.45) is -4.64. The molecule has 2 aliphatic heterocycles. The van der Waals surface area contributed by atoms with Gasteiger partial charge in [-0.25, -0.2) is 4.79 Å². The molecule has 0 saturated carbocycles. The largest absolute Gasteiger partial charge is 0.441 e. The van der Waals surface area contributed by atoms with Gasteiger partial charge < -0.3 is 9.64 Å². The first-order chi connectivity index (χ1) is 16.0. The van der Waals surface area contributed by atoms with Crippen LogP contribution in [-0.2, 0) is 17.5 Å². The van der Waals surface area contributed by atoms with Crippen LogP contribution in [0.4, 0.5) is 23.7 Å². The number of hydrogen-bond acceptors (Lipinski definition) is 5. The fourth-order valence-corrected chi connectivity index (χ4v) is 4.55. The fourth-order valence-electron chi connectivity index (χ4n) is 4.29. The average molecular weight is 498 g/mol. The summed E-state index contributed by atoms with van der Waals surface area (Å²) in [7, 11) is 0. The quantitative estimate of drug-likeness (QED) is 0.443. The third-order valence-electron chi connectivity index (χ3n) is 6.08. The van der Waals surface area contributed by atoms with Crippen molar-refractivity contribution in [2.45, 2.75) is 31.2 Å². The van der Waals surface area contributed by atoms with Gasteiger partial charge in [0.05, 0.1) is 27.6 Å². The number of likely N-dealkylation sites (tertiary alicyclic amines) is 1. The van der Waals surface area contributed by atoms with Crippen molar-refractivity contribution in [1.82, 2.24) is 9.80 Å². The van der Waals surface area contributed by atoms with E-state index in [9.17, 15) is 32.9 Å². The maximum absolute atomic E-state index is 13.3. The molecule has 12 heteroatoms. The highest BCUT2D eigenvalue weighted by Gasteiger charge is 2.48. The Labute approximate surface area is 197 Å². The maximum atomic E-state index is 13.3. The molecule has 0 radical (unpaired) electrons. The Morgan fingerprint density at radius 3 is 2.47 bits per heavy atom. The van der Waals surface area contributed by atoms with Crippen LogP contribution in [0.5, 0.6) is 0 Å². The minimum atomic E-state index is -4.54. The van der Waals surface area contributed by atoms with Gasteiger partial charge in [-0.1, -0.05) is 29.8 Å². The van der Waals surface area contributed by atoms with Crippen LogP contribution >= 0.6 is 11.6 Å². The van der Waals surface area contributed by atoms with Crippen molar-refractivity contribution >= 4 is 29.3 Å². The zero-order chi connectivity index (χ0) is 24.7. The molecular weight excluding hydrogens is 479 g/mol. The zero-order valence-electron chi connectivity index (χ0n) is 17.7. The number of carbonyl (C=O) groups is 2. The number of nitro groups is 1. The molecule has 0 aromatic heterocycles. The molecule has 180 valence electrons. The van der Waals surface area contributed by atoms with E-state index in [-0.39, 0.29) is 48.0 Å². The smallest absolute Gasteiger partial charge is 0.416 e. The lowest BCUT2D eigenvalue weighted by atomic mass is 9.91. The first-order valence-corrected chi connectivity index (χ1v) is 10.7. The maximum Gasteiger partial charge on any atom is 0.416 e. The Hall–Kier alpha value is -3.34. The van der Waals surface area contributed by atoms with Gasteiger partial charge in [0.25, 0.3) is 11.6 Å². The first kappa shape index (κ1) is 23.8. The standard InChI is InChI=1S/C22H19ClF3N3O5/c23-18-11-15(29(32)33)5-6-16(18)19(30)27-9-7-21(8-10-27)13-28(20(31)34-21)12-14-3-1-2-4-17(14)22(24,25)26/h1-6,11H,7-10,12-13H2. The monoisotopic (exact) mass is 497 g/mol. The van der Waals surface area contributed by atoms with Crippen molar-refractivity contribution in [3.8, 4) is 0 Å². The molecule has 0 bridgehead atoms. The number of hydrogen-bond donors (Lipinski definition) is 0. The van der Waals surface area contributed by atoms with Crippen LogP contribution in [0.1, 0.15) is 34.3 Å². The zero-order valence-corrected chi connectivity index (χ0v) is 18.4. The van der Waals surface area contributed by atoms with Crippen molar-refractivity contribution < 1.29 is 32.4 Å². The number of rotatable bonds is 4. The third kappa shape index (κ3) is 4.65. The number of benzene rings is 2. The highest BCUT2D eigenvalue weighted by molar-refractivity contribution is 6.34. The van der Waals surface area contributed by atoms with E-state index in [1.165, 1.54) is 40.1 Å². The molecule has 2 fully saturated rings. The summed E-state index contributed by atoms with van der Waals surface area (Å²) in [4.78, 5) is 38.3. The first-order valence-electron chi connectivity index (χ1n) is 10.4. The van der Waals surface area contributed by atoms with E-state index < -0.39 is 34.3 Å². The molecule has 4 rings (SSSR count). The molecule has 1 spiro atoms. The molecule has 0 N–H and O–H groups in total. The number of alkyl halides is 3. The Kier molecular flexibility index (Phi) is 6.15. The van der Waals surface area contributed by atoms with Crippen LogP contribution in [0.2, 0.25) is 5.02 Å². The molecule has 8 nitrogen and oxygen atoms in total. The van der Waals surface area contributed by atoms with Gasteiger partial charge in [-0.15, -0.1) is 0 Å². The molecule has 0 unspecified atom stereocenters. The number of halogens is 4. The van der Waals surface area contributed by atoms with E-state index in [2.05, 4.69) is 0 Å². The SMILES string of the molecule is O=C1OC2(CCN(C(=O)c3ccc([N+](=O)[O-])cc3Cl)CC2)CN1Cc1ccccc1C(F)(F)F. The topological polar surface area (TPSA) is 93.0 Å². The summed E-state index contributed by atoms with van der Waals surface area (Å²) in [5.41, 5.74) is -1.84. The van der Waals surface area contributed by atoms with Crippen LogP contribution in [0.25, 0.3) is 0 Å². The Morgan fingerprint density at radius 2 is 1.85 bits per heavy atom. The predicted octanol–water partition coefficient (Wildman–Crippen LogP) is 4.89. The molecule has 0 atom stereocenters. The van der Waals surface area contributed by atoms with Crippen molar-refractivity contribution in [3.05, 3.63) is 74.3 Å². The highest BCUT2D eigenvalue weighted by atomic mass is 35.5. The second-order valence-corrected chi connectivity index (χ2v) is 8.68. The second kappa shape index (κ2) is 8.79. The summed E-state index contributed by atoms with van der Waals surface area (Å²) < 4.78 is 45.5. The van der Waals surface area contributed by atoms with E-state index in [1.54, 1.807) is 0 Å². The van der Waals surface area contributed by atoms with Gasteiger partial charge in [-0.3, -0.25) is 19.8 Å². The summed E-state index contributed by atoms with van der Waals surface area (Å²) in [5.74, 6) is -0.407. The van der Waals surface area contributed by atoms with Gasteiger partial charge >= 0.3 is 12.3 Å². The molecule has 2 aliphatic rings. The number of non-ortho nitro benzene ring substituents is 1. The highest BCUT2D eigenvalue weighted by Crippen LogP contribution is 2.37. The Balaban J connectivity index is 1.42. The van der Waals surface area contributed by atoms with Crippen molar-refractivity contribution in [1.29, 1.82) is 0 Å². The van der Waals surface area contributed by atoms with E-state index in [4.69, 9.17) is 16.3 Å². The summed E-state index contributed by atoms with van der Waals surface area (Å²) in [6, 6.07) is 8.67. The summed E-state index contributed by atoms with van der Waals surface area (Å²) in [5, 5.41) is 10.8. The summed E-state index contributed by atoms with van der Waals surface area (Å²) >= 11 is 6.06. The Morgan fingerprint density at radius 1 is 1.18 bits per heavy atom. The van der Waals surface area contributed by atoms with E-state index in [0.717, 1.165) is 12.1 Å². The second-order valence-electron chi connectivity index (χ2n) is 8.28. The van der Waals surface area contributed by atoms with Gasteiger partial charge in [-0.2, -0.15) is 13.2 Å². The van der Waals surface area contributed by atoms with Crippen LogP contribution in [-0.4, -0.2) is 52.0 Å². The molecule has 2 aromatic rings. The number of nitro benzene ring substituents is 1. The van der Waals surface area contributed by atoms with Crippen LogP contribution in [0, 0.1) is 10.1 Å². The molecule has 2 amide bonds. The van der Waals surface area contributed by atoms with Crippen LogP contribution < -0.4 is 0 Å². The van der Waals surface area contributed by atoms with Crippen LogP contribution in [0.3, 0.4) is 0 Å². The number of carbonyl (C=O) groups excluding carboxylic acids is 2. The molecule has 2 heterocycles. The average Bonchev–Trinajstić information content (AvgIpc) is 3.07. The van der Waals surface area contributed by atoms with Gasteiger partial charge in [0.15, 0.2) is 0 Å². The number of nitrogens with zero attached hydrogens (tertiary/aromatic N) is 3. The number of ether oxygens (including phenoxy) is 1. The van der Waals surface area contributed by atoms with Crippen molar-refractivity contribution in [2.24, 2.45) is 0 Å². The minimum absolute atomic E-state index is 0.0237. The van der Waals surface area contributed by atoms with Crippen molar-refractivity contribution in [3.63, 3.8) is 0 Å².